The lowest BCUT2D eigenvalue weighted by Gasteiger charge is -2.48. The van der Waals surface area contributed by atoms with E-state index in [1.807, 2.05) is 74.5 Å². The van der Waals surface area contributed by atoms with Crippen molar-refractivity contribution >= 4 is 24.8 Å². The zero-order valence-corrected chi connectivity index (χ0v) is 21.6. The summed E-state index contributed by atoms with van der Waals surface area (Å²) in [6.07, 6.45) is -3.60. The van der Waals surface area contributed by atoms with Crippen LogP contribution in [0.2, 0.25) is 0 Å². The van der Waals surface area contributed by atoms with Gasteiger partial charge in [0.25, 0.3) is 5.82 Å². The molecule has 1 aliphatic heterocycles. The van der Waals surface area contributed by atoms with Crippen molar-refractivity contribution in [3.63, 3.8) is 0 Å². The van der Waals surface area contributed by atoms with Crippen molar-refractivity contribution in [1.82, 2.24) is 30.8 Å². The van der Waals surface area contributed by atoms with Gasteiger partial charge in [0.15, 0.2) is 5.72 Å². The van der Waals surface area contributed by atoms with Crippen LogP contribution in [0.15, 0.2) is 60.7 Å². The number of ether oxygens (including phenoxy) is 1. The van der Waals surface area contributed by atoms with Gasteiger partial charge in [0.2, 0.25) is 0 Å². The molecule has 0 radical (unpaired) electrons. The quantitative estimate of drug-likeness (QED) is 0.418. The highest BCUT2D eigenvalue weighted by molar-refractivity contribution is 5.85. The predicted octanol–water partition coefficient (Wildman–Crippen LogP) is 4.90. The van der Waals surface area contributed by atoms with Crippen LogP contribution in [0.25, 0.3) is 0 Å². The van der Waals surface area contributed by atoms with Crippen molar-refractivity contribution in [3.05, 3.63) is 77.6 Å². The highest BCUT2D eigenvalue weighted by Gasteiger charge is 2.49. The fraction of sp³-hybridized carbons (Fsp3) is 0.458. The zero-order valence-electron chi connectivity index (χ0n) is 20.0. The number of halogens is 5. The average molecular weight is 547 g/mol. The van der Waals surface area contributed by atoms with E-state index in [1.54, 1.807) is 0 Å². The molecule has 198 valence electrons. The van der Waals surface area contributed by atoms with Crippen molar-refractivity contribution in [2.24, 2.45) is 0 Å². The van der Waals surface area contributed by atoms with E-state index < -0.39 is 23.8 Å². The third kappa shape index (κ3) is 6.54. The van der Waals surface area contributed by atoms with Crippen LogP contribution in [0.5, 0.6) is 0 Å². The van der Waals surface area contributed by atoms with Crippen molar-refractivity contribution in [2.45, 2.75) is 63.3 Å². The summed E-state index contributed by atoms with van der Waals surface area (Å²) in [5.41, 5.74) is 1.04. The number of rotatable bonds is 8. The van der Waals surface area contributed by atoms with Crippen LogP contribution < -0.4 is 10.6 Å². The van der Waals surface area contributed by atoms with E-state index >= 15 is 0 Å². The van der Waals surface area contributed by atoms with Gasteiger partial charge in [-0.15, -0.1) is 29.9 Å². The van der Waals surface area contributed by atoms with Crippen LogP contribution in [0.4, 0.5) is 13.2 Å². The van der Waals surface area contributed by atoms with Gasteiger partial charge in [0, 0.05) is 18.7 Å². The Morgan fingerprint density at radius 1 is 1.11 bits per heavy atom. The van der Waals surface area contributed by atoms with Crippen LogP contribution in [0.3, 0.4) is 0 Å². The molecule has 2 N–H and O–H groups in total. The molecule has 7 nitrogen and oxygen atoms in total. The Morgan fingerprint density at radius 2 is 1.75 bits per heavy atom. The first-order valence-corrected chi connectivity index (χ1v) is 11.4. The molecule has 1 aliphatic rings. The Hall–Kier alpha value is -2.24. The van der Waals surface area contributed by atoms with Gasteiger partial charge in [-0.1, -0.05) is 67.6 Å². The number of hydrogen-bond donors (Lipinski definition) is 2. The Balaban J connectivity index is 0.00000228. The summed E-state index contributed by atoms with van der Waals surface area (Å²) in [4.78, 5) is 0. The van der Waals surface area contributed by atoms with E-state index in [2.05, 4.69) is 26.2 Å². The first-order chi connectivity index (χ1) is 16.3. The molecule has 4 atom stereocenters. The topological polar surface area (TPSA) is 76.9 Å². The van der Waals surface area contributed by atoms with Crippen LogP contribution in [-0.4, -0.2) is 38.9 Å². The minimum atomic E-state index is -4.64. The number of hydrogen-bond acceptors (Lipinski definition) is 6. The van der Waals surface area contributed by atoms with Crippen LogP contribution in [0, 0.1) is 0 Å². The fourth-order valence-corrected chi connectivity index (χ4v) is 4.37. The Morgan fingerprint density at radius 3 is 2.36 bits per heavy atom. The van der Waals surface area contributed by atoms with Gasteiger partial charge in [-0.2, -0.15) is 13.2 Å². The first kappa shape index (κ1) is 30.0. The molecule has 12 heteroatoms. The van der Waals surface area contributed by atoms with E-state index in [4.69, 9.17) is 4.74 Å². The van der Waals surface area contributed by atoms with E-state index in [0.717, 1.165) is 22.2 Å². The molecule has 0 amide bonds. The monoisotopic (exact) mass is 546 g/mol. The normalized spacial score (nSPS) is 22.8. The van der Waals surface area contributed by atoms with Crippen molar-refractivity contribution in [3.8, 4) is 0 Å². The lowest BCUT2D eigenvalue weighted by molar-refractivity contribution is -0.160. The number of nitrogens with one attached hydrogen (secondary N) is 2. The molecule has 1 aromatic heterocycles. The number of alkyl halides is 3. The summed E-state index contributed by atoms with van der Waals surface area (Å²) in [6.45, 7) is 4.77. The summed E-state index contributed by atoms with van der Waals surface area (Å²) < 4.78 is 48.0. The van der Waals surface area contributed by atoms with E-state index in [9.17, 15) is 13.2 Å². The molecule has 4 rings (SSSR count). The smallest absolute Gasteiger partial charge is 0.352 e. The largest absolute Gasteiger partial charge is 0.453 e. The van der Waals surface area contributed by atoms with Crippen LogP contribution >= 0.6 is 24.8 Å². The minimum absolute atomic E-state index is 0. The van der Waals surface area contributed by atoms with Crippen molar-refractivity contribution < 1.29 is 17.9 Å². The SMILES string of the molecule is CCC(C)O[C@]1(c2ccccc2)NCC(n2nnnc2C(F)(F)F)C[C@@H]1NCc1ccccc1.Cl.Cl. The maximum absolute atomic E-state index is 13.5. The predicted molar refractivity (Wildman–Crippen MR) is 135 cm³/mol. The molecule has 0 bridgehead atoms. The summed E-state index contributed by atoms with van der Waals surface area (Å²) in [5, 5.41) is 17.2. The van der Waals surface area contributed by atoms with Crippen molar-refractivity contribution in [2.75, 3.05) is 6.54 Å². The highest BCUT2D eigenvalue weighted by Crippen LogP contribution is 2.38. The summed E-state index contributed by atoms with van der Waals surface area (Å²) in [7, 11) is 0. The second kappa shape index (κ2) is 12.8. The molecular weight excluding hydrogens is 516 g/mol. The third-order valence-corrected chi connectivity index (χ3v) is 6.25. The van der Waals surface area contributed by atoms with Gasteiger partial charge in [0.05, 0.1) is 18.2 Å². The molecular formula is C24H31Cl2F3N6O. The lowest BCUT2D eigenvalue weighted by atomic mass is 9.85. The maximum Gasteiger partial charge on any atom is 0.453 e. The minimum Gasteiger partial charge on any atom is -0.352 e. The van der Waals surface area contributed by atoms with Gasteiger partial charge in [-0.3, -0.25) is 5.32 Å². The molecule has 1 fully saturated rings. The van der Waals surface area contributed by atoms with E-state index in [1.165, 1.54) is 0 Å². The number of tetrazole rings is 1. The Labute approximate surface area is 221 Å². The van der Waals surface area contributed by atoms with Gasteiger partial charge in [-0.25, -0.2) is 4.68 Å². The highest BCUT2D eigenvalue weighted by atomic mass is 35.5. The molecule has 0 aliphatic carbocycles. The van der Waals surface area contributed by atoms with Gasteiger partial charge < -0.3 is 10.1 Å². The standard InChI is InChI=1S/C24H29F3N6O.2ClH/c1-3-17(2)34-23(19-12-8-5-9-13-19)21(28-15-18-10-6-4-7-11-18)14-20(16-29-23)33-22(24(25,26)27)30-31-32-33;;/h4-13,17,20-21,28-29H,3,14-16H2,1-2H3;2*1H/t17?,20?,21-,23-;;/m0../s1. The summed E-state index contributed by atoms with van der Waals surface area (Å²) in [5.74, 6) is -1.10. The molecule has 2 heterocycles. The first-order valence-electron chi connectivity index (χ1n) is 11.4. The lowest BCUT2D eigenvalue weighted by Crippen LogP contribution is -2.64. The molecule has 0 spiro atoms. The summed E-state index contributed by atoms with van der Waals surface area (Å²) in [6, 6.07) is 18.6. The molecule has 3 aromatic rings. The third-order valence-electron chi connectivity index (χ3n) is 6.25. The molecule has 2 unspecified atom stereocenters. The van der Waals surface area contributed by atoms with E-state index in [0.29, 0.717) is 13.0 Å². The Kier molecular flexibility index (Phi) is 10.7. The second-order valence-corrected chi connectivity index (χ2v) is 8.57. The van der Waals surface area contributed by atoms with Crippen molar-refractivity contribution in [1.29, 1.82) is 0 Å². The van der Waals surface area contributed by atoms with Gasteiger partial charge >= 0.3 is 6.18 Å². The van der Waals surface area contributed by atoms with E-state index in [-0.39, 0.29) is 43.5 Å². The number of piperidine rings is 1. The van der Waals surface area contributed by atoms with Crippen LogP contribution in [0.1, 0.15) is 49.7 Å². The number of aromatic nitrogens is 4. The van der Waals surface area contributed by atoms with Gasteiger partial charge in [-0.05, 0) is 35.8 Å². The Bertz CT molecular complexity index is 1060. The molecule has 0 saturated carbocycles. The van der Waals surface area contributed by atoms with Crippen LogP contribution in [-0.2, 0) is 23.2 Å². The number of nitrogens with zero attached hydrogens (tertiary/aromatic N) is 4. The maximum atomic E-state index is 13.5. The molecule has 36 heavy (non-hydrogen) atoms. The van der Waals surface area contributed by atoms with Gasteiger partial charge in [0.1, 0.15) is 0 Å². The average Bonchev–Trinajstić information content (AvgIpc) is 3.35. The number of benzene rings is 2. The summed E-state index contributed by atoms with van der Waals surface area (Å²) >= 11 is 0. The second-order valence-electron chi connectivity index (χ2n) is 8.57. The zero-order chi connectivity index (χ0) is 24.2. The molecule has 1 saturated heterocycles. The fourth-order valence-electron chi connectivity index (χ4n) is 4.37. The molecule has 2 aromatic carbocycles.